The van der Waals surface area contributed by atoms with Gasteiger partial charge in [0.1, 0.15) is 5.75 Å². The molecule has 1 heterocycles. The average molecular weight is 371 g/mol. The number of primary amides is 1. The summed E-state index contributed by atoms with van der Waals surface area (Å²) in [5.74, 6) is -0.150. The van der Waals surface area contributed by atoms with Crippen molar-refractivity contribution in [1.29, 1.82) is 0 Å². The van der Waals surface area contributed by atoms with Crippen molar-refractivity contribution in [3.63, 3.8) is 0 Å². The van der Waals surface area contributed by atoms with Gasteiger partial charge in [0.15, 0.2) is 6.61 Å². The highest BCUT2D eigenvalue weighted by Crippen LogP contribution is 2.29. The Kier molecular flexibility index (Phi) is 5.68. The molecular formula is C19H21N3O3S. The van der Waals surface area contributed by atoms with E-state index in [-0.39, 0.29) is 12.5 Å². The highest BCUT2D eigenvalue weighted by atomic mass is 32.1. The molecule has 0 spiro atoms. The van der Waals surface area contributed by atoms with Crippen molar-refractivity contribution in [3.8, 4) is 5.75 Å². The molecule has 1 aliphatic carbocycles. The molecule has 0 atom stereocenters. The van der Waals surface area contributed by atoms with Crippen LogP contribution in [0.4, 0.5) is 0 Å². The highest BCUT2D eigenvalue weighted by Gasteiger charge is 2.17. The molecule has 0 unspecified atom stereocenters. The summed E-state index contributed by atoms with van der Waals surface area (Å²) >= 11 is 1.57. The van der Waals surface area contributed by atoms with Crippen LogP contribution in [0, 0.1) is 0 Å². The van der Waals surface area contributed by atoms with E-state index >= 15 is 0 Å². The van der Waals surface area contributed by atoms with Gasteiger partial charge in [-0.1, -0.05) is 0 Å². The van der Waals surface area contributed by atoms with E-state index in [0.717, 1.165) is 18.4 Å². The summed E-state index contributed by atoms with van der Waals surface area (Å²) in [7, 11) is 0. The van der Waals surface area contributed by atoms with Crippen molar-refractivity contribution in [2.45, 2.75) is 32.6 Å². The molecule has 26 heavy (non-hydrogen) atoms. The maximum Gasteiger partial charge on any atom is 0.281 e. The van der Waals surface area contributed by atoms with E-state index in [1.165, 1.54) is 23.3 Å². The van der Waals surface area contributed by atoms with E-state index in [9.17, 15) is 9.59 Å². The Labute approximate surface area is 156 Å². The Morgan fingerprint density at radius 1 is 1.23 bits per heavy atom. The monoisotopic (exact) mass is 371 g/mol. The lowest BCUT2D eigenvalue weighted by molar-refractivity contribution is -0.119. The molecule has 0 bridgehead atoms. The van der Waals surface area contributed by atoms with Crippen LogP contribution in [0.3, 0.4) is 0 Å². The van der Waals surface area contributed by atoms with Crippen molar-refractivity contribution >= 4 is 28.9 Å². The third-order valence-corrected chi connectivity index (χ3v) is 5.43. The maximum absolute atomic E-state index is 12.3. The summed E-state index contributed by atoms with van der Waals surface area (Å²) in [6.07, 6.45) is 4.53. The van der Waals surface area contributed by atoms with Crippen molar-refractivity contribution in [1.82, 2.24) is 5.43 Å². The molecule has 3 N–H and O–H groups in total. The van der Waals surface area contributed by atoms with Crippen LogP contribution < -0.4 is 15.9 Å². The molecule has 0 saturated heterocycles. The van der Waals surface area contributed by atoms with Gasteiger partial charge in [-0.05, 0) is 74.1 Å². The fourth-order valence-corrected chi connectivity index (χ4v) is 3.95. The van der Waals surface area contributed by atoms with Crippen LogP contribution in [0.1, 0.15) is 45.4 Å². The Balaban J connectivity index is 1.61. The van der Waals surface area contributed by atoms with Gasteiger partial charge in [-0.25, -0.2) is 5.43 Å². The number of hydrogen-bond acceptors (Lipinski definition) is 5. The number of hydrogen-bond donors (Lipinski definition) is 2. The third kappa shape index (κ3) is 4.49. The lowest BCUT2D eigenvalue weighted by Gasteiger charge is -2.08. The number of hydrazone groups is 1. The number of carbonyl (C=O) groups is 2. The summed E-state index contributed by atoms with van der Waals surface area (Å²) < 4.78 is 5.22. The highest BCUT2D eigenvalue weighted by molar-refractivity contribution is 7.14. The zero-order valence-corrected chi connectivity index (χ0v) is 15.4. The quantitative estimate of drug-likeness (QED) is 0.604. The zero-order chi connectivity index (χ0) is 18.5. The van der Waals surface area contributed by atoms with Crippen LogP contribution in [0.2, 0.25) is 0 Å². The Bertz CT molecular complexity index is 817. The van der Waals surface area contributed by atoms with E-state index in [4.69, 9.17) is 10.5 Å². The Morgan fingerprint density at radius 2 is 1.96 bits per heavy atom. The van der Waals surface area contributed by atoms with Gasteiger partial charge in [0.25, 0.3) is 11.8 Å². The Morgan fingerprint density at radius 3 is 2.65 bits per heavy atom. The number of fused-ring (bicyclic) bond motifs is 1. The number of amides is 2. The fraction of sp³-hybridized carbons (Fsp3) is 0.316. The van der Waals surface area contributed by atoms with Gasteiger partial charge in [0, 0.05) is 4.88 Å². The summed E-state index contributed by atoms with van der Waals surface area (Å²) in [6, 6.07) is 9.07. The van der Waals surface area contributed by atoms with Gasteiger partial charge in [-0.15, -0.1) is 11.3 Å². The Hall–Kier alpha value is -2.67. The normalized spacial score (nSPS) is 13.8. The molecular weight excluding hydrogens is 350 g/mol. The first-order valence-corrected chi connectivity index (χ1v) is 9.32. The van der Waals surface area contributed by atoms with Crippen molar-refractivity contribution < 1.29 is 14.3 Å². The second-order valence-corrected chi connectivity index (χ2v) is 7.32. The number of nitrogens with zero attached hydrogens (tertiary/aromatic N) is 1. The number of benzene rings is 1. The van der Waals surface area contributed by atoms with Crippen LogP contribution in [0.15, 0.2) is 35.4 Å². The third-order valence-electron chi connectivity index (χ3n) is 4.20. The van der Waals surface area contributed by atoms with Gasteiger partial charge in [0.05, 0.1) is 10.6 Å². The second-order valence-electron chi connectivity index (χ2n) is 6.18. The van der Waals surface area contributed by atoms with Gasteiger partial charge in [-0.2, -0.15) is 5.10 Å². The predicted molar refractivity (Wildman–Crippen MR) is 102 cm³/mol. The van der Waals surface area contributed by atoms with Crippen molar-refractivity contribution in [2.24, 2.45) is 10.8 Å². The lowest BCUT2D eigenvalue weighted by atomic mass is 9.99. The van der Waals surface area contributed by atoms with Crippen LogP contribution >= 0.6 is 11.3 Å². The maximum atomic E-state index is 12.3. The molecule has 2 aromatic rings. The molecule has 0 fully saturated rings. The minimum Gasteiger partial charge on any atom is -0.484 e. The SMILES string of the molecule is C/C(=N/NC(=O)c1cc2c(s1)CCCC2)c1ccc(OCC(N)=O)cc1. The molecule has 0 saturated carbocycles. The van der Waals surface area contributed by atoms with Gasteiger partial charge < -0.3 is 10.5 Å². The zero-order valence-electron chi connectivity index (χ0n) is 14.6. The molecule has 0 aliphatic heterocycles. The summed E-state index contributed by atoms with van der Waals surface area (Å²) in [5.41, 5.74) is 10.5. The molecule has 1 aliphatic rings. The van der Waals surface area contributed by atoms with Crippen LogP contribution in [0.25, 0.3) is 0 Å². The molecule has 1 aromatic heterocycles. The molecule has 7 heteroatoms. The predicted octanol–water partition coefficient (Wildman–Crippen LogP) is 2.65. The van der Waals surface area contributed by atoms with Gasteiger partial charge in [0.2, 0.25) is 0 Å². The van der Waals surface area contributed by atoms with Crippen LogP contribution in [-0.2, 0) is 17.6 Å². The number of aryl methyl sites for hydroxylation is 2. The summed E-state index contributed by atoms with van der Waals surface area (Å²) in [4.78, 5) is 25.1. The number of rotatable bonds is 6. The van der Waals surface area contributed by atoms with Crippen LogP contribution in [0.5, 0.6) is 5.75 Å². The lowest BCUT2D eigenvalue weighted by Crippen LogP contribution is -2.20. The summed E-state index contributed by atoms with van der Waals surface area (Å²) in [6.45, 7) is 1.66. The largest absolute Gasteiger partial charge is 0.484 e. The second kappa shape index (κ2) is 8.14. The van der Waals surface area contributed by atoms with Crippen LogP contribution in [-0.4, -0.2) is 24.1 Å². The topological polar surface area (TPSA) is 93.8 Å². The minimum atomic E-state index is -0.523. The van der Waals surface area contributed by atoms with Gasteiger partial charge >= 0.3 is 0 Å². The first kappa shape index (κ1) is 18.1. The van der Waals surface area contributed by atoms with Crippen molar-refractivity contribution in [2.75, 3.05) is 6.61 Å². The van der Waals surface area contributed by atoms with Crippen molar-refractivity contribution in [3.05, 3.63) is 51.2 Å². The average Bonchev–Trinajstić information content (AvgIpc) is 3.09. The minimum absolute atomic E-state index is 0.159. The molecule has 1 aromatic carbocycles. The van der Waals surface area contributed by atoms with E-state index < -0.39 is 5.91 Å². The van der Waals surface area contributed by atoms with E-state index in [1.807, 2.05) is 25.1 Å². The number of nitrogens with one attached hydrogen (secondary N) is 1. The standard InChI is InChI=1S/C19H21N3O3S/c1-12(13-6-8-15(9-7-13)25-11-18(20)23)21-22-19(24)17-10-14-4-2-3-5-16(14)26-17/h6-10H,2-5,11H2,1H3,(H2,20,23)(H,22,24)/b21-12-. The first-order chi connectivity index (χ1) is 12.5. The smallest absolute Gasteiger partial charge is 0.281 e. The van der Waals surface area contributed by atoms with E-state index in [1.54, 1.807) is 23.5 Å². The molecule has 136 valence electrons. The fourth-order valence-electron chi connectivity index (χ4n) is 2.80. The molecule has 0 radical (unpaired) electrons. The number of thiophene rings is 1. The number of nitrogens with two attached hydrogens (primary N) is 1. The van der Waals surface area contributed by atoms with E-state index in [2.05, 4.69) is 10.5 Å². The molecule has 3 rings (SSSR count). The first-order valence-electron chi connectivity index (χ1n) is 8.50. The number of ether oxygens (including phenoxy) is 1. The van der Waals surface area contributed by atoms with Gasteiger partial charge in [-0.3, -0.25) is 9.59 Å². The molecule has 2 amide bonds. The van der Waals surface area contributed by atoms with E-state index in [0.29, 0.717) is 16.3 Å². The summed E-state index contributed by atoms with van der Waals surface area (Å²) in [5, 5.41) is 4.19. The molecule has 6 nitrogen and oxygen atoms in total. The number of carbonyl (C=O) groups excluding carboxylic acids is 2.